The Morgan fingerprint density at radius 1 is 1.24 bits per heavy atom. The van der Waals surface area contributed by atoms with Crippen LogP contribution in [0.5, 0.6) is 0 Å². The first-order valence-corrected chi connectivity index (χ1v) is 6.59. The Kier molecular flexibility index (Phi) is 4.65. The molecule has 7 nitrogen and oxygen atoms in total. The Morgan fingerprint density at radius 3 is 2.52 bits per heavy atom. The van der Waals surface area contributed by atoms with Gasteiger partial charge in [-0.2, -0.15) is 0 Å². The molecular formula is C14H17N5O2. The van der Waals surface area contributed by atoms with Crippen molar-refractivity contribution in [2.24, 2.45) is 0 Å². The van der Waals surface area contributed by atoms with Crippen LogP contribution in [-0.4, -0.2) is 28.0 Å². The molecule has 0 fully saturated rings. The predicted octanol–water partition coefficient (Wildman–Crippen LogP) is 2.47. The zero-order valence-electron chi connectivity index (χ0n) is 11.9. The lowest BCUT2D eigenvalue weighted by atomic mass is 10.1. The monoisotopic (exact) mass is 287 g/mol. The molecule has 110 valence electrons. The predicted molar refractivity (Wildman–Crippen MR) is 81.5 cm³/mol. The first kappa shape index (κ1) is 14.7. The average molecular weight is 287 g/mol. The number of anilines is 2. The zero-order chi connectivity index (χ0) is 15.2. The Balaban J connectivity index is 2.17. The van der Waals surface area contributed by atoms with Crippen molar-refractivity contribution in [3.8, 4) is 0 Å². The van der Waals surface area contributed by atoms with Crippen LogP contribution in [-0.2, 0) is 6.42 Å². The fourth-order valence-corrected chi connectivity index (χ4v) is 2.09. The number of nitrogens with one attached hydrogen (secondary N) is 2. The molecule has 2 aromatic rings. The van der Waals surface area contributed by atoms with Crippen LogP contribution < -0.4 is 10.6 Å². The van der Waals surface area contributed by atoms with Gasteiger partial charge in [-0.3, -0.25) is 10.1 Å². The summed E-state index contributed by atoms with van der Waals surface area (Å²) >= 11 is 0. The van der Waals surface area contributed by atoms with E-state index in [1.165, 1.54) is 6.33 Å². The summed E-state index contributed by atoms with van der Waals surface area (Å²) in [6.45, 7) is 1.96. The molecule has 0 aliphatic carbocycles. The van der Waals surface area contributed by atoms with E-state index in [0.717, 1.165) is 12.0 Å². The summed E-state index contributed by atoms with van der Waals surface area (Å²) in [4.78, 5) is 18.6. The van der Waals surface area contributed by atoms with Crippen LogP contribution in [0.25, 0.3) is 0 Å². The second-order valence-corrected chi connectivity index (χ2v) is 4.66. The SMILES string of the molecule is CNc1ncnc(NC(C)Cc2ccccc2)c1[N+](=O)[O-]. The third-order valence-corrected chi connectivity index (χ3v) is 3.01. The van der Waals surface area contributed by atoms with E-state index in [4.69, 9.17) is 0 Å². The minimum atomic E-state index is -0.483. The molecule has 7 heteroatoms. The molecule has 0 aliphatic heterocycles. The molecule has 1 heterocycles. The van der Waals surface area contributed by atoms with Crippen LogP contribution in [0.15, 0.2) is 36.7 Å². The van der Waals surface area contributed by atoms with Crippen LogP contribution in [0.3, 0.4) is 0 Å². The van der Waals surface area contributed by atoms with Crippen LogP contribution in [0.1, 0.15) is 12.5 Å². The highest BCUT2D eigenvalue weighted by Crippen LogP contribution is 2.28. The van der Waals surface area contributed by atoms with Gasteiger partial charge >= 0.3 is 5.69 Å². The third-order valence-electron chi connectivity index (χ3n) is 3.01. The normalized spacial score (nSPS) is 11.7. The van der Waals surface area contributed by atoms with Gasteiger partial charge in [-0.1, -0.05) is 30.3 Å². The van der Waals surface area contributed by atoms with Gasteiger partial charge in [-0.25, -0.2) is 9.97 Å². The number of nitro groups is 1. The average Bonchev–Trinajstić information content (AvgIpc) is 2.47. The van der Waals surface area contributed by atoms with E-state index in [1.807, 2.05) is 37.3 Å². The minimum absolute atomic E-state index is 0.00528. The van der Waals surface area contributed by atoms with Gasteiger partial charge in [-0.15, -0.1) is 0 Å². The molecule has 2 rings (SSSR count). The van der Waals surface area contributed by atoms with Gasteiger partial charge in [0.2, 0.25) is 11.6 Å². The molecule has 0 aliphatic rings. The molecule has 1 atom stereocenters. The van der Waals surface area contributed by atoms with Crippen molar-refractivity contribution in [3.05, 3.63) is 52.3 Å². The topological polar surface area (TPSA) is 93.0 Å². The fourth-order valence-electron chi connectivity index (χ4n) is 2.09. The molecule has 0 saturated carbocycles. The molecular weight excluding hydrogens is 270 g/mol. The van der Waals surface area contributed by atoms with Crippen LogP contribution in [0, 0.1) is 10.1 Å². The largest absolute Gasteiger partial charge is 0.367 e. The highest BCUT2D eigenvalue weighted by atomic mass is 16.6. The summed E-state index contributed by atoms with van der Waals surface area (Å²) in [7, 11) is 1.59. The van der Waals surface area contributed by atoms with E-state index in [0.29, 0.717) is 0 Å². The van der Waals surface area contributed by atoms with E-state index in [9.17, 15) is 10.1 Å². The van der Waals surface area contributed by atoms with E-state index < -0.39 is 4.92 Å². The minimum Gasteiger partial charge on any atom is -0.367 e. The molecule has 2 N–H and O–H groups in total. The van der Waals surface area contributed by atoms with Gasteiger partial charge in [0.25, 0.3) is 0 Å². The number of nitrogens with zero attached hydrogens (tertiary/aromatic N) is 3. The van der Waals surface area contributed by atoms with Crippen molar-refractivity contribution in [2.75, 3.05) is 17.7 Å². The smallest absolute Gasteiger partial charge is 0.353 e. The van der Waals surface area contributed by atoms with Crippen molar-refractivity contribution in [2.45, 2.75) is 19.4 Å². The van der Waals surface area contributed by atoms with Crippen molar-refractivity contribution in [3.63, 3.8) is 0 Å². The summed E-state index contributed by atoms with van der Waals surface area (Å²) in [6, 6.07) is 9.93. The number of aromatic nitrogens is 2. The quantitative estimate of drug-likeness (QED) is 0.626. The second-order valence-electron chi connectivity index (χ2n) is 4.66. The Bertz CT molecular complexity index is 618. The standard InChI is InChI=1S/C14H17N5O2/c1-10(8-11-6-4-3-5-7-11)18-14-12(19(20)21)13(15-2)16-9-17-14/h3-7,9-10H,8H2,1-2H3,(H2,15,16,17,18). The molecule has 0 bridgehead atoms. The number of hydrogen-bond donors (Lipinski definition) is 2. The number of hydrogen-bond acceptors (Lipinski definition) is 6. The van der Waals surface area contributed by atoms with Gasteiger partial charge in [0.1, 0.15) is 6.33 Å². The van der Waals surface area contributed by atoms with Crippen LogP contribution in [0.4, 0.5) is 17.3 Å². The van der Waals surface area contributed by atoms with Gasteiger partial charge < -0.3 is 10.6 Å². The van der Waals surface area contributed by atoms with E-state index >= 15 is 0 Å². The first-order chi connectivity index (χ1) is 10.1. The number of benzene rings is 1. The lowest BCUT2D eigenvalue weighted by molar-refractivity contribution is -0.383. The molecule has 0 radical (unpaired) electrons. The number of rotatable bonds is 6. The molecule has 0 saturated heterocycles. The Morgan fingerprint density at radius 2 is 1.90 bits per heavy atom. The molecule has 0 spiro atoms. The molecule has 1 aromatic carbocycles. The van der Waals surface area contributed by atoms with Gasteiger partial charge in [0.15, 0.2) is 0 Å². The van der Waals surface area contributed by atoms with Crippen molar-refractivity contribution < 1.29 is 4.92 Å². The Hall–Kier alpha value is -2.70. The van der Waals surface area contributed by atoms with Crippen molar-refractivity contribution in [1.82, 2.24) is 9.97 Å². The summed E-state index contributed by atoms with van der Waals surface area (Å²) in [5.41, 5.74) is 1.02. The summed E-state index contributed by atoms with van der Waals surface area (Å²) < 4.78 is 0. The molecule has 1 aromatic heterocycles. The molecule has 1 unspecified atom stereocenters. The molecule has 0 amide bonds. The summed E-state index contributed by atoms with van der Waals surface area (Å²) in [5.74, 6) is 0.423. The maximum absolute atomic E-state index is 11.2. The van der Waals surface area contributed by atoms with Gasteiger partial charge in [0.05, 0.1) is 4.92 Å². The van der Waals surface area contributed by atoms with Gasteiger partial charge in [0, 0.05) is 13.1 Å². The fraction of sp³-hybridized carbons (Fsp3) is 0.286. The lowest BCUT2D eigenvalue weighted by Gasteiger charge is -2.15. The van der Waals surface area contributed by atoms with Crippen LogP contribution in [0.2, 0.25) is 0 Å². The maximum Gasteiger partial charge on any atom is 0.353 e. The third kappa shape index (κ3) is 3.65. The molecule has 21 heavy (non-hydrogen) atoms. The second kappa shape index (κ2) is 6.65. The van der Waals surface area contributed by atoms with E-state index in [2.05, 4.69) is 20.6 Å². The van der Waals surface area contributed by atoms with Crippen molar-refractivity contribution >= 4 is 17.3 Å². The summed E-state index contributed by atoms with van der Waals surface area (Å²) in [5, 5.41) is 17.0. The zero-order valence-corrected chi connectivity index (χ0v) is 11.9. The summed E-state index contributed by atoms with van der Waals surface area (Å²) in [6.07, 6.45) is 2.05. The Labute approximate surface area is 122 Å². The maximum atomic E-state index is 11.2. The lowest BCUT2D eigenvalue weighted by Crippen LogP contribution is -2.20. The van der Waals surface area contributed by atoms with E-state index in [1.54, 1.807) is 7.05 Å². The van der Waals surface area contributed by atoms with Crippen LogP contribution >= 0.6 is 0 Å². The van der Waals surface area contributed by atoms with Crippen molar-refractivity contribution in [1.29, 1.82) is 0 Å². The first-order valence-electron chi connectivity index (χ1n) is 6.59. The highest BCUT2D eigenvalue weighted by Gasteiger charge is 2.23. The highest BCUT2D eigenvalue weighted by molar-refractivity contribution is 5.69. The van der Waals surface area contributed by atoms with E-state index in [-0.39, 0.29) is 23.4 Å². The van der Waals surface area contributed by atoms with Gasteiger partial charge in [-0.05, 0) is 18.9 Å².